The molecule has 0 bridgehead atoms. The molecule has 1 aliphatic rings. The van der Waals surface area contributed by atoms with Crippen molar-refractivity contribution in [3.05, 3.63) is 51.1 Å². The van der Waals surface area contributed by atoms with Crippen LogP contribution >= 0.6 is 45.2 Å². The van der Waals surface area contributed by atoms with Gasteiger partial charge in [0, 0.05) is 8.99 Å². The van der Waals surface area contributed by atoms with Crippen molar-refractivity contribution in [3.63, 3.8) is 0 Å². The van der Waals surface area contributed by atoms with Gasteiger partial charge in [-0.1, -0.05) is 55.2 Å². The molecule has 2 rings (SSSR count). The van der Waals surface area contributed by atoms with Crippen LogP contribution in [0.2, 0.25) is 0 Å². The van der Waals surface area contributed by atoms with Crippen molar-refractivity contribution in [2.24, 2.45) is 0 Å². The minimum atomic E-state index is 0.110. The molecule has 96 valence electrons. The lowest BCUT2D eigenvalue weighted by Gasteiger charge is -2.22. The van der Waals surface area contributed by atoms with Gasteiger partial charge >= 0.3 is 0 Å². The van der Waals surface area contributed by atoms with Gasteiger partial charge in [-0.15, -0.1) is 0 Å². The average molecular weight is 464 g/mol. The molecule has 0 saturated carbocycles. The van der Waals surface area contributed by atoms with Gasteiger partial charge in [-0.3, -0.25) is 0 Å². The van der Waals surface area contributed by atoms with Crippen LogP contribution in [0.5, 0.6) is 0 Å². The highest BCUT2D eigenvalue weighted by Gasteiger charge is 2.35. The van der Waals surface area contributed by atoms with Gasteiger partial charge in [-0.2, -0.15) is 0 Å². The molecule has 0 fully saturated rings. The molecular formula is C16H18I2. The van der Waals surface area contributed by atoms with E-state index in [1.165, 1.54) is 43.1 Å². The van der Waals surface area contributed by atoms with Gasteiger partial charge in [0.25, 0.3) is 0 Å². The minimum absolute atomic E-state index is 0.110. The Balaban J connectivity index is 2.57. The summed E-state index contributed by atoms with van der Waals surface area (Å²) in [7, 11) is 0. The topological polar surface area (TPSA) is 0 Å². The summed E-state index contributed by atoms with van der Waals surface area (Å²) in [6.07, 6.45) is 4.48. The Kier molecular flexibility index (Phi) is 4.57. The highest BCUT2D eigenvalue weighted by Crippen LogP contribution is 2.48. The third-order valence-electron chi connectivity index (χ3n) is 3.74. The zero-order chi connectivity index (χ0) is 13.3. The molecule has 2 heteroatoms. The zero-order valence-corrected chi connectivity index (χ0v) is 15.2. The van der Waals surface area contributed by atoms with E-state index in [4.69, 9.17) is 0 Å². The summed E-state index contributed by atoms with van der Waals surface area (Å²) in [4.78, 5) is 0. The van der Waals surface area contributed by atoms with E-state index < -0.39 is 0 Å². The van der Waals surface area contributed by atoms with Crippen LogP contribution < -0.4 is 0 Å². The Bertz CT molecular complexity index is 510. The maximum atomic E-state index is 4.04. The number of alkyl halides is 1. The molecule has 0 nitrogen and oxygen atoms in total. The first-order valence-electron chi connectivity index (χ1n) is 6.24. The van der Waals surface area contributed by atoms with Crippen LogP contribution in [-0.2, 0) is 5.41 Å². The fourth-order valence-electron chi connectivity index (χ4n) is 2.86. The summed E-state index contributed by atoms with van der Waals surface area (Å²) in [6, 6.07) is 6.83. The fraction of sp³-hybridized carbons (Fsp3) is 0.375. The molecule has 18 heavy (non-hydrogen) atoms. The van der Waals surface area contributed by atoms with Crippen molar-refractivity contribution in [3.8, 4) is 0 Å². The Morgan fingerprint density at radius 3 is 2.67 bits per heavy atom. The van der Waals surface area contributed by atoms with Crippen LogP contribution in [0.25, 0.3) is 5.57 Å². The summed E-state index contributed by atoms with van der Waals surface area (Å²) in [5, 5.41) is 0. The summed E-state index contributed by atoms with van der Waals surface area (Å²) in [5.41, 5.74) is 5.95. The van der Waals surface area contributed by atoms with Gasteiger partial charge in [-0.25, -0.2) is 0 Å². The van der Waals surface area contributed by atoms with Crippen LogP contribution in [0.1, 0.15) is 37.8 Å². The average Bonchev–Trinajstić information content (AvgIpc) is 2.54. The zero-order valence-electron chi connectivity index (χ0n) is 10.9. The first-order valence-corrected chi connectivity index (χ1v) is 8.85. The molecule has 0 radical (unpaired) electrons. The smallest absolute Gasteiger partial charge is 0.0155 e. The Morgan fingerprint density at radius 1 is 1.33 bits per heavy atom. The molecule has 1 aromatic rings. The van der Waals surface area contributed by atoms with Crippen molar-refractivity contribution in [2.45, 2.75) is 32.1 Å². The van der Waals surface area contributed by atoms with Gasteiger partial charge in [-0.05, 0) is 74.3 Å². The van der Waals surface area contributed by atoms with Crippen molar-refractivity contribution in [1.82, 2.24) is 0 Å². The first kappa shape index (κ1) is 14.6. The maximum Gasteiger partial charge on any atom is 0.0155 e. The van der Waals surface area contributed by atoms with Gasteiger partial charge in [0.2, 0.25) is 0 Å². The molecule has 0 saturated heterocycles. The van der Waals surface area contributed by atoms with E-state index >= 15 is 0 Å². The molecule has 0 heterocycles. The molecule has 1 aromatic carbocycles. The third-order valence-corrected chi connectivity index (χ3v) is 5.18. The fourth-order valence-corrected chi connectivity index (χ4v) is 3.73. The predicted molar refractivity (Wildman–Crippen MR) is 97.4 cm³/mol. The van der Waals surface area contributed by atoms with Crippen LogP contribution in [-0.4, -0.2) is 4.43 Å². The minimum Gasteiger partial charge on any atom is -0.0987 e. The number of allylic oxidation sites excluding steroid dienone is 3. The summed E-state index contributed by atoms with van der Waals surface area (Å²) < 4.78 is 2.53. The quantitative estimate of drug-likeness (QED) is 0.394. The normalized spacial score (nSPS) is 16.9. The molecular weight excluding hydrogens is 446 g/mol. The number of benzene rings is 1. The van der Waals surface area contributed by atoms with Gasteiger partial charge in [0.15, 0.2) is 0 Å². The van der Waals surface area contributed by atoms with Crippen LogP contribution in [0, 0.1) is 3.57 Å². The molecule has 0 unspecified atom stereocenters. The van der Waals surface area contributed by atoms with Crippen molar-refractivity contribution >= 4 is 50.8 Å². The SMILES string of the molecule is C=CC1=C(CCCI)c2ccc(I)cc2C1(C)C. The van der Waals surface area contributed by atoms with Gasteiger partial charge in [0.05, 0.1) is 0 Å². The van der Waals surface area contributed by atoms with E-state index in [1.807, 2.05) is 0 Å². The van der Waals surface area contributed by atoms with Gasteiger partial charge < -0.3 is 0 Å². The predicted octanol–water partition coefficient (Wildman–Crippen LogP) is 5.74. The van der Waals surface area contributed by atoms with E-state index in [1.54, 1.807) is 0 Å². The Morgan fingerprint density at radius 2 is 2.06 bits per heavy atom. The maximum absolute atomic E-state index is 4.04. The second kappa shape index (κ2) is 5.65. The van der Waals surface area contributed by atoms with Crippen molar-refractivity contribution in [1.29, 1.82) is 0 Å². The molecule has 0 aromatic heterocycles. The van der Waals surface area contributed by atoms with E-state index in [9.17, 15) is 0 Å². The van der Waals surface area contributed by atoms with Crippen molar-refractivity contribution < 1.29 is 0 Å². The second-order valence-corrected chi connectivity index (χ2v) is 7.53. The summed E-state index contributed by atoms with van der Waals surface area (Å²) >= 11 is 4.86. The van der Waals surface area contributed by atoms with Crippen LogP contribution in [0.3, 0.4) is 0 Å². The van der Waals surface area contributed by atoms with Gasteiger partial charge in [0.1, 0.15) is 0 Å². The number of fused-ring (bicyclic) bond motifs is 1. The van der Waals surface area contributed by atoms with E-state index in [2.05, 4.69) is 89.9 Å². The molecule has 0 N–H and O–H groups in total. The molecule has 0 aliphatic heterocycles. The lowest BCUT2D eigenvalue weighted by Crippen LogP contribution is -2.16. The second-order valence-electron chi connectivity index (χ2n) is 5.20. The summed E-state index contributed by atoms with van der Waals surface area (Å²) in [5.74, 6) is 0. The molecule has 0 amide bonds. The van der Waals surface area contributed by atoms with Crippen molar-refractivity contribution in [2.75, 3.05) is 4.43 Å². The number of hydrogen-bond donors (Lipinski definition) is 0. The lowest BCUT2D eigenvalue weighted by atomic mass is 9.81. The van der Waals surface area contributed by atoms with E-state index in [0.29, 0.717) is 0 Å². The largest absolute Gasteiger partial charge is 0.0987 e. The number of rotatable bonds is 4. The standard InChI is InChI=1S/C16H18I2/c1-4-14-12(6-5-9-17)13-8-7-11(18)10-15(13)16(14,2)3/h4,7-8,10H,1,5-6,9H2,2-3H3. The van der Waals surface area contributed by atoms with E-state index in [-0.39, 0.29) is 5.41 Å². The van der Waals surface area contributed by atoms with E-state index in [0.717, 1.165) is 0 Å². The highest BCUT2D eigenvalue weighted by molar-refractivity contribution is 14.1. The Labute approximate surface area is 137 Å². The monoisotopic (exact) mass is 464 g/mol. The Hall–Kier alpha value is 0.160. The third kappa shape index (κ3) is 2.42. The summed E-state index contributed by atoms with van der Waals surface area (Å²) in [6.45, 7) is 8.67. The molecule has 0 atom stereocenters. The number of halogens is 2. The first-order chi connectivity index (χ1) is 8.52. The lowest BCUT2D eigenvalue weighted by molar-refractivity contribution is 0.653. The highest BCUT2D eigenvalue weighted by atomic mass is 127. The van der Waals surface area contributed by atoms with Crippen LogP contribution in [0.15, 0.2) is 36.4 Å². The molecule has 1 aliphatic carbocycles. The van der Waals surface area contributed by atoms with Crippen LogP contribution in [0.4, 0.5) is 0 Å². The molecule has 0 spiro atoms. The number of hydrogen-bond acceptors (Lipinski definition) is 0.